The van der Waals surface area contributed by atoms with Crippen molar-refractivity contribution in [1.82, 2.24) is 5.06 Å². The third kappa shape index (κ3) is 2.21. The molecule has 0 aromatic rings. The maximum absolute atomic E-state index is 6.40. The summed E-state index contributed by atoms with van der Waals surface area (Å²) in [6.45, 7) is 0.724. The zero-order valence-corrected chi connectivity index (χ0v) is 12.6. The fourth-order valence-electron chi connectivity index (χ4n) is 4.76. The summed E-state index contributed by atoms with van der Waals surface area (Å²) in [5, 5.41) is 2.10. The molecule has 4 rings (SSSR count). The fourth-order valence-corrected chi connectivity index (χ4v) is 4.76. The SMILES string of the molecule is CN1O[C@H]([C@H]2COC3(CCCCC3)O2)[C@H]2CCCC[C@H]21. The minimum absolute atomic E-state index is 0.142. The van der Waals surface area contributed by atoms with E-state index in [1.807, 2.05) is 0 Å². The molecule has 20 heavy (non-hydrogen) atoms. The van der Waals surface area contributed by atoms with Crippen molar-refractivity contribution in [3.05, 3.63) is 0 Å². The van der Waals surface area contributed by atoms with Crippen LogP contribution in [-0.4, -0.2) is 42.8 Å². The molecule has 4 heteroatoms. The first-order valence-corrected chi connectivity index (χ1v) is 8.49. The Kier molecular flexibility index (Phi) is 3.53. The number of hydrogen-bond donors (Lipinski definition) is 0. The molecule has 2 aliphatic heterocycles. The maximum Gasteiger partial charge on any atom is 0.169 e. The molecule has 0 N–H and O–H groups in total. The minimum atomic E-state index is -0.266. The zero-order valence-electron chi connectivity index (χ0n) is 12.6. The Morgan fingerprint density at radius 3 is 2.65 bits per heavy atom. The molecule has 1 spiro atoms. The lowest BCUT2D eigenvalue weighted by Crippen LogP contribution is -2.40. The standard InChI is InChI=1S/C16H27NO3/c1-17-13-8-4-3-7-12(13)15(20-17)14-11-18-16(19-14)9-5-2-6-10-16/h12-15H,2-11H2,1H3/t12-,13+,14+,15-/m0/s1. The van der Waals surface area contributed by atoms with Gasteiger partial charge in [-0.05, 0) is 25.7 Å². The first-order valence-electron chi connectivity index (χ1n) is 8.49. The monoisotopic (exact) mass is 281 g/mol. The Morgan fingerprint density at radius 1 is 1.00 bits per heavy atom. The molecule has 2 aliphatic carbocycles. The van der Waals surface area contributed by atoms with Crippen LogP contribution in [0.1, 0.15) is 57.8 Å². The summed E-state index contributed by atoms with van der Waals surface area (Å²) in [7, 11) is 2.09. The van der Waals surface area contributed by atoms with Crippen molar-refractivity contribution >= 4 is 0 Å². The van der Waals surface area contributed by atoms with Crippen molar-refractivity contribution in [3.8, 4) is 0 Å². The van der Waals surface area contributed by atoms with E-state index in [0.29, 0.717) is 12.0 Å². The maximum atomic E-state index is 6.40. The van der Waals surface area contributed by atoms with Crippen molar-refractivity contribution in [2.45, 2.75) is 81.8 Å². The first kappa shape index (κ1) is 13.5. The highest BCUT2D eigenvalue weighted by molar-refractivity contribution is 4.96. The van der Waals surface area contributed by atoms with E-state index < -0.39 is 0 Å². The van der Waals surface area contributed by atoms with Crippen LogP contribution in [0.15, 0.2) is 0 Å². The molecule has 0 amide bonds. The van der Waals surface area contributed by atoms with E-state index in [2.05, 4.69) is 12.1 Å². The van der Waals surface area contributed by atoms with Gasteiger partial charge in [-0.15, -0.1) is 0 Å². The predicted molar refractivity (Wildman–Crippen MR) is 75.0 cm³/mol. The van der Waals surface area contributed by atoms with Gasteiger partial charge in [-0.1, -0.05) is 19.3 Å². The number of hydrogen-bond acceptors (Lipinski definition) is 4. The molecule has 2 saturated heterocycles. The quantitative estimate of drug-likeness (QED) is 0.739. The highest BCUT2D eigenvalue weighted by atomic mass is 16.8. The molecule has 114 valence electrons. The normalized spacial score (nSPS) is 44.9. The second-order valence-corrected chi connectivity index (χ2v) is 7.07. The molecule has 0 bridgehead atoms. The summed E-state index contributed by atoms with van der Waals surface area (Å²) in [6.07, 6.45) is 11.5. The van der Waals surface area contributed by atoms with Gasteiger partial charge in [0.15, 0.2) is 5.79 Å². The van der Waals surface area contributed by atoms with Crippen molar-refractivity contribution < 1.29 is 14.3 Å². The molecular weight excluding hydrogens is 254 g/mol. The summed E-state index contributed by atoms with van der Waals surface area (Å²) in [6, 6.07) is 0.597. The molecule has 4 nitrogen and oxygen atoms in total. The fraction of sp³-hybridized carbons (Fsp3) is 1.00. The first-order chi connectivity index (χ1) is 9.77. The highest BCUT2D eigenvalue weighted by Crippen LogP contribution is 2.44. The Bertz CT molecular complexity index is 356. The van der Waals surface area contributed by atoms with Gasteiger partial charge in [0.1, 0.15) is 12.2 Å². The Balaban J connectivity index is 1.46. The molecule has 4 atom stereocenters. The topological polar surface area (TPSA) is 30.9 Å². The van der Waals surface area contributed by atoms with Crippen LogP contribution in [0.4, 0.5) is 0 Å². The van der Waals surface area contributed by atoms with Gasteiger partial charge in [0, 0.05) is 31.8 Å². The average Bonchev–Trinajstić information content (AvgIpc) is 3.03. The lowest BCUT2D eigenvalue weighted by molar-refractivity contribution is -0.217. The average molecular weight is 281 g/mol. The van der Waals surface area contributed by atoms with Crippen LogP contribution in [0, 0.1) is 5.92 Å². The van der Waals surface area contributed by atoms with Gasteiger partial charge in [0.2, 0.25) is 0 Å². The molecule has 2 heterocycles. The number of ether oxygens (including phenoxy) is 2. The molecule has 2 saturated carbocycles. The number of rotatable bonds is 1. The smallest absolute Gasteiger partial charge is 0.169 e. The summed E-state index contributed by atoms with van der Waals surface area (Å²) in [5.74, 6) is 0.374. The molecule has 0 unspecified atom stereocenters. The third-order valence-corrected chi connectivity index (χ3v) is 5.82. The Hall–Kier alpha value is -0.160. The second kappa shape index (κ2) is 5.24. The van der Waals surface area contributed by atoms with E-state index in [4.69, 9.17) is 14.3 Å². The zero-order chi connectivity index (χ0) is 13.6. The van der Waals surface area contributed by atoms with Gasteiger partial charge in [0.05, 0.1) is 6.61 Å². The molecule has 0 aromatic heterocycles. The van der Waals surface area contributed by atoms with E-state index in [1.165, 1.54) is 44.9 Å². The van der Waals surface area contributed by atoms with Crippen molar-refractivity contribution in [3.63, 3.8) is 0 Å². The number of hydroxylamine groups is 2. The van der Waals surface area contributed by atoms with E-state index in [1.54, 1.807) is 0 Å². The Morgan fingerprint density at radius 2 is 1.80 bits per heavy atom. The summed E-state index contributed by atoms with van der Waals surface area (Å²) < 4.78 is 12.5. The molecule has 4 aliphatic rings. The van der Waals surface area contributed by atoms with Crippen LogP contribution in [0.3, 0.4) is 0 Å². The van der Waals surface area contributed by atoms with E-state index in [0.717, 1.165) is 19.4 Å². The van der Waals surface area contributed by atoms with Crippen LogP contribution in [0.25, 0.3) is 0 Å². The summed E-state index contributed by atoms with van der Waals surface area (Å²) in [4.78, 5) is 6.15. The van der Waals surface area contributed by atoms with Crippen LogP contribution < -0.4 is 0 Å². The van der Waals surface area contributed by atoms with Crippen LogP contribution in [0.2, 0.25) is 0 Å². The van der Waals surface area contributed by atoms with Gasteiger partial charge in [-0.2, -0.15) is 5.06 Å². The molecular formula is C16H27NO3. The second-order valence-electron chi connectivity index (χ2n) is 7.07. The summed E-state index contributed by atoms with van der Waals surface area (Å²) in [5.41, 5.74) is 0. The molecule has 0 aromatic carbocycles. The van der Waals surface area contributed by atoms with Crippen molar-refractivity contribution in [2.75, 3.05) is 13.7 Å². The lowest BCUT2D eigenvalue weighted by Gasteiger charge is -2.33. The molecule has 4 fully saturated rings. The third-order valence-electron chi connectivity index (χ3n) is 5.82. The van der Waals surface area contributed by atoms with Gasteiger partial charge < -0.3 is 9.47 Å². The lowest BCUT2D eigenvalue weighted by atomic mass is 9.80. The van der Waals surface area contributed by atoms with Crippen LogP contribution in [0.5, 0.6) is 0 Å². The van der Waals surface area contributed by atoms with Crippen molar-refractivity contribution in [2.24, 2.45) is 5.92 Å². The van der Waals surface area contributed by atoms with Crippen LogP contribution in [-0.2, 0) is 14.3 Å². The van der Waals surface area contributed by atoms with Gasteiger partial charge in [-0.25, -0.2) is 0 Å². The minimum Gasteiger partial charge on any atom is -0.347 e. The van der Waals surface area contributed by atoms with Gasteiger partial charge in [-0.3, -0.25) is 4.84 Å². The van der Waals surface area contributed by atoms with E-state index >= 15 is 0 Å². The summed E-state index contributed by atoms with van der Waals surface area (Å²) >= 11 is 0. The number of fused-ring (bicyclic) bond motifs is 1. The van der Waals surface area contributed by atoms with Crippen molar-refractivity contribution in [1.29, 1.82) is 0 Å². The predicted octanol–water partition coefficient (Wildman–Crippen LogP) is 2.87. The van der Waals surface area contributed by atoms with Crippen LogP contribution >= 0.6 is 0 Å². The van der Waals surface area contributed by atoms with E-state index in [-0.39, 0.29) is 18.0 Å². The van der Waals surface area contributed by atoms with E-state index in [9.17, 15) is 0 Å². The molecule has 0 radical (unpaired) electrons. The highest BCUT2D eigenvalue weighted by Gasteiger charge is 2.52. The Labute approximate surface area is 121 Å². The largest absolute Gasteiger partial charge is 0.347 e. The van der Waals surface area contributed by atoms with Gasteiger partial charge >= 0.3 is 0 Å². The van der Waals surface area contributed by atoms with Gasteiger partial charge in [0.25, 0.3) is 0 Å². The number of nitrogens with zero attached hydrogens (tertiary/aromatic N) is 1.